The Morgan fingerprint density at radius 2 is 1.92 bits per heavy atom. The van der Waals surface area contributed by atoms with Gasteiger partial charge in [0.2, 0.25) is 0 Å². The number of carbonyl (C=O) groups excluding carboxylic acids is 1. The van der Waals surface area contributed by atoms with E-state index in [1.165, 1.54) is 23.6 Å². The van der Waals surface area contributed by atoms with Gasteiger partial charge in [-0.05, 0) is 54.7 Å². The van der Waals surface area contributed by atoms with E-state index < -0.39 is 17.7 Å². The van der Waals surface area contributed by atoms with Crippen molar-refractivity contribution in [2.45, 2.75) is 19.3 Å². The predicted octanol–water partition coefficient (Wildman–Crippen LogP) is 3.65. The van der Waals surface area contributed by atoms with E-state index in [-0.39, 0.29) is 12.2 Å². The average Bonchev–Trinajstić information content (AvgIpc) is 3.02. The summed E-state index contributed by atoms with van der Waals surface area (Å²) in [6.07, 6.45) is 3.38. The molecule has 24 heavy (non-hydrogen) atoms. The fourth-order valence-corrected chi connectivity index (χ4v) is 2.73. The van der Waals surface area contributed by atoms with Crippen LogP contribution in [0.25, 0.3) is 0 Å². The summed E-state index contributed by atoms with van der Waals surface area (Å²) < 4.78 is 31.8. The average molecular weight is 332 g/mol. The monoisotopic (exact) mass is 332 g/mol. The van der Waals surface area contributed by atoms with Crippen molar-refractivity contribution >= 4 is 11.7 Å². The van der Waals surface area contributed by atoms with Crippen molar-refractivity contribution in [1.82, 2.24) is 5.32 Å². The predicted molar refractivity (Wildman–Crippen MR) is 87.3 cm³/mol. The molecule has 2 aromatic carbocycles. The van der Waals surface area contributed by atoms with Gasteiger partial charge in [-0.3, -0.25) is 0 Å². The smallest absolute Gasteiger partial charge is 0.319 e. The molecule has 0 bridgehead atoms. The number of carbonyl (C=O) groups is 1. The first-order valence-corrected chi connectivity index (χ1v) is 7.86. The Kier molecular flexibility index (Phi) is 4.93. The summed E-state index contributed by atoms with van der Waals surface area (Å²) in [4.78, 5) is 11.7. The van der Waals surface area contributed by atoms with Gasteiger partial charge in [0.05, 0.1) is 12.2 Å². The molecule has 0 unspecified atom stereocenters. The maximum Gasteiger partial charge on any atom is 0.319 e. The van der Waals surface area contributed by atoms with E-state index in [4.69, 9.17) is 4.74 Å². The third-order valence-corrected chi connectivity index (χ3v) is 3.91. The van der Waals surface area contributed by atoms with Crippen molar-refractivity contribution < 1.29 is 18.3 Å². The molecule has 3 rings (SSSR count). The molecule has 0 saturated heterocycles. The number of anilines is 1. The number of rotatable bonds is 5. The summed E-state index contributed by atoms with van der Waals surface area (Å²) in [5, 5.41) is 4.88. The van der Waals surface area contributed by atoms with Crippen molar-refractivity contribution in [2.75, 3.05) is 18.5 Å². The Hall–Kier alpha value is -2.63. The summed E-state index contributed by atoms with van der Waals surface area (Å²) in [6.45, 7) is 0.573. The Labute approximate surface area is 138 Å². The third kappa shape index (κ3) is 4.01. The molecule has 0 spiro atoms. The van der Waals surface area contributed by atoms with E-state index in [2.05, 4.69) is 16.7 Å². The van der Waals surface area contributed by atoms with Crippen LogP contribution in [0, 0.1) is 11.6 Å². The van der Waals surface area contributed by atoms with E-state index >= 15 is 0 Å². The Morgan fingerprint density at radius 1 is 1.08 bits per heavy atom. The highest BCUT2D eigenvalue weighted by Crippen LogP contribution is 2.25. The van der Waals surface area contributed by atoms with Gasteiger partial charge in [0.15, 0.2) is 0 Å². The lowest BCUT2D eigenvalue weighted by molar-refractivity contribution is 0.247. The molecule has 1 aliphatic carbocycles. The first kappa shape index (κ1) is 16.2. The maximum absolute atomic E-state index is 13.4. The lowest BCUT2D eigenvalue weighted by atomic mass is 10.1. The van der Waals surface area contributed by atoms with Crippen LogP contribution in [0.2, 0.25) is 0 Å². The largest absolute Gasteiger partial charge is 0.492 e. The molecule has 0 heterocycles. The number of nitrogens with one attached hydrogen (secondary N) is 2. The van der Waals surface area contributed by atoms with Crippen LogP contribution in [-0.2, 0) is 12.8 Å². The summed E-state index contributed by atoms with van der Waals surface area (Å²) in [5.41, 5.74) is 2.62. The fourth-order valence-electron chi connectivity index (χ4n) is 2.73. The molecule has 0 atom stereocenters. The van der Waals surface area contributed by atoms with Gasteiger partial charge in [-0.2, -0.15) is 0 Å². The third-order valence-electron chi connectivity index (χ3n) is 3.91. The summed E-state index contributed by atoms with van der Waals surface area (Å²) >= 11 is 0. The highest BCUT2D eigenvalue weighted by atomic mass is 19.1. The van der Waals surface area contributed by atoms with Gasteiger partial charge in [-0.1, -0.05) is 6.07 Å². The SMILES string of the molecule is O=C(NCCOc1ccc2c(c1)CCC2)Nc1ccc(F)cc1F. The van der Waals surface area contributed by atoms with E-state index in [0.717, 1.165) is 24.7 Å². The molecule has 0 radical (unpaired) electrons. The van der Waals surface area contributed by atoms with Crippen LogP contribution in [0.3, 0.4) is 0 Å². The van der Waals surface area contributed by atoms with Crippen LogP contribution in [0.5, 0.6) is 5.75 Å². The van der Waals surface area contributed by atoms with Gasteiger partial charge < -0.3 is 15.4 Å². The van der Waals surface area contributed by atoms with Crippen molar-refractivity contribution in [3.8, 4) is 5.75 Å². The van der Waals surface area contributed by atoms with Crippen LogP contribution in [0.1, 0.15) is 17.5 Å². The number of aryl methyl sites for hydroxylation is 2. The van der Waals surface area contributed by atoms with Gasteiger partial charge >= 0.3 is 6.03 Å². The lowest BCUT2D eigenvalue weighted by Gasteiger charge is -2.10. The number of ether oxygens (including phenoxy) is 1. The molecular weight excluding hydrogens is 314 g/mol. The molecule has 4 nitrogen and oxygen atoms in total. The Morgan fingerprint density at radius 3 is 2.75 bits per heavy atom. The number of hydrogen-bond acceptors (Lipinski definition) is 2. The quantitative estimate of drug-likeness (QED) is 0.821. The zero-order valence-corrected chi connectivity index (χ0v) is 13.1. The van der Waals surface area contributed by atoms with Crippen molar-refractivity contribution in [3.05, 3.63) is 59.2 Å². The molecule has 6 heteroatoms. The topological polar surface area (TPSA) is 50.4 Å². The first-order valence-electron chi connectivity index (χ1n) is 7.86. The summed E-state index contributed by atoms with van der Waals surface area (Å²) in [6, 6.07) is 8.44. The Bertz CT molecular complexity index is 750. The standard InChI is InChI=1S/C18H18F2N2O2/c19-14-5-7-17(16(20)11-14)22-18(23)21-8-9-24-15-6-4-12-2-1-3-13(12)10-15/h4-7,10-11H,1-3,8-9H2,(H2,21,22,23). The molecule has 2 aromatic rings. The van der Waals surface area contributed by atoms with E-state index in [1.807, 2.05) is 12.1 Å². The fraction of sp³-hybridized carbons (Fsp3) is 0.278. The molecular formula is C18H18F2N2O2. The molecule has 0 saturated carbocycles. The molecule has 0 fully saturated rings. The van der Waals surface area contributed by atoms with Crippen LogP contribution in [0.15, 0.2) is 36.4 Å². The first-order chi connectivity index (χ1) is 11.6. The van der Waals surface area contributed by atoms with Crippen LogP contribution in [-0.4, -0.2) is 19.2 Å². The van der Waals surface area contributed by atoms with Crippen LogP contribution in [0.4, 0.5) is 19.3 Å². The number of halogens is 2. The van der Waals surface area contributed by atoms with E-state index in [1.54, 1.807) is 0 Å². The number of hydrogen-bond donors (Lipinski definition) is 2. The van der Waals surface area contributed by atoms with Crippen LogP contribution >= 0.6 is 0 Å². The Balaban J connectivity index is 1.42. The van der Waals surface area contributed by atoms with E-state index in [0.29, 0.717) is 12.7 Å². The maximum atomic E-state index is 13.4. The van der Waals surface area contributed by atoms with Gasteiger partial charge in [0, 0.05) is 6.07 Å². The summed E-state index contributed by atoms with van der Waals surface area (Å²) in [7, 11) is 0. The van der Waals surface area contributed by atoms with Gasteiger partial charge in [-0.15, -0.1) is 0 Å². The second-order valence-corrected chi connectivity index (χ2v) is 5.64. The van der Waals surface area contributed by atoms with Crippen molar-refractivity contribution in [1.29, 1.82) is 0 Å². The number of urea groups is 1. The molecule has 2 amide bonds. The molecule has 2 N–H and O–H groups in total. The lowest BCUT2D eigenvalue weighted by Crippen LogP contribution is -2.32. The minimum atomic E-state index is -0.820. The second-order valence-electron chi connectivity index (χ2n) is 5.64. The number of fused-ring (bicyclic) bond motifs is 1. The number of benzene rings is 2. The zero-order valence-electron chi connectivity index (χ0n) is 13.1. The van der Waals surface area contributed by atoms with E-state index in [9.17, 15) is 13.6 Å². The van der Waals surface area contributed by atoms with Gasteiger partial charge in [0.1, 0.15) is 24.0 Å². The normalized spacial score (nSPS) is 12.6. The second kappa shape index (κ2) is 7.29. The van der Waals surface area contributed by atoms with Crippen molar-refractivity contribution in [2.24, 2.45) is 0 Å². The molecule has 0 aliphatic heterocycles. The minimum absolute atomic E-state index is 0.0755. The highest BCUT2D eigenvalue weighted by Gasteiger charge is 2.11. The molecule has 0 aromatic heterocycles. The van der Waals surface area contributed by atoms with Gasteiger partial charge in [-0.25, -0.2) is 13.6 Å². The highest BCUT2D eigenvalue weighted by molar-refractivity contribution is 5.89. The number of amides is 2. The molecule has 1 aliphatic rings. The van der Waals surface area contributed by atoms with Crippen LogP contribution < -0.4 is 15.4 Å². The summed E-state index contributed by atoms with van der Waals surface area (Å²) in [5.74, 6) is -0.733. The minimum Gasteiger partial charge on any atom is -0.492 e. The molecule has 126 valence electrons. The zero-order chi connectivity index (χ0) is 16.9. The van der Waals surface area contributed by atoms with Crippen molar-refractivity contribution in [3.63, 3.8) is 0 Å². The van der Waals surface area contributed by atoms with Gasteiger partial charge in [0.25, 0.3) is 0 Å².